The molecule has 8 heteroatoms. The molecular weight excluding hydrogens is 404 g/mol. The Hall–Kier alpha value is -3.78. The molecule has 32 heavy (non-hydrogen) atoms. The average molecular weight is 428 g/mol. The van der Waals surface area contributed by atoms with Gasteiger partial charge in [0.15, 0.2) is 5.76 Å². The van der Waals surface area contributed by atoms with Crippen LogP contribution in [-0.4, -0.2) is 65.0 Å². The Kier molecular flexibility index (Phi) is 5.76. The Morgan fingerprint density at radius 1 is 1.00 bits per heavy atom. The van der Waals surface area contributed by atoms with Crippen molar-refractivity contribution in [2.24, 2.45) is 0 Å². The maximum absolute atomic E-state index is 13.0. The number of hydrogen-bond donors (Lipinski definition) is 1. The Balaban J connectivity index is 1.21. The van der Waals surface area contributed by atoms with E-state index in [2.05, 4.69) is 30.1 Å². The number of aromatic nitrogens is 3. The average Bonchev–Trinajstić information content (AvgIpc) is 3.39. The molecule has 0 unspecified atom stereocenters. The number of para-hydroxylation sites is 1. The standard InChI is InChI=1S/C24H24N6O2/c31-23(25-10-11-29-12-14-30(15-13-29)24-26-8-4-9-27-24)19-17-21(22-7-3-16-32-22)28-20-6-2-1-5-18(19)20/h1-9,16-17H,10-15H2,(H,25,31). The van der Waals surface area contributed by atoms with Crippen LogP contribution in [0.4, 0.5) is 5.95 Å². The number of nitrogens with zero attached hydrogens (tertiary/aromatic N) is 5. The SMILES string of the molecule is O=C(NCCN1CCN(c2ncccn2)CC1)c1cc(-c2ccco2)nc2ccccc12. The summed E-state index contributed by atoms with van der Waals surface area (Å²) in [4.78, 5) is 30.9. The normalized spacial score (nSPS) is 14.6. The lowest BCUT2D eigenvalue weighted by Crippen LogP contribution is -2.49. The van der Waals surface area contributed by atoms with Crippen LogP contribution in [0, 0.1) is 0 Å². The van der Waals surface area contributed by atoms with E-state index in [1.807, 2.05) is 42.5 Å². The summed E-state index contributed by atoms with van der Waals surface area (Å²) >= 11 is 0. The van der Waals surface area contributed by atoms with Gasteiger partial charge < -0.3 is 14.6 Å². The molecule has 5 rings (SSSR count). The van der Waals surface area contributed by atoms with Crippen LogP contribution in [-0.2, 0) is 0 Å². The number of anilines is 1. The molecule has 0 radical (unpaired) electrons. The van der Waals surface area contributed by atoms with E-state index >= 15 is 0 Å². The van der Waals surface area contributed by atoms with E-state index in [-0.39, 0.29) is 5.91 Å². The molecule has 1 saturated heterocycles. The predicted octanol–water partition coefficient (Wildman–Crippen LogP) is 2.84. The molecule has 0 spiro atoms. The topological polar surface area (TPSA) is 87.4 Å². The summed E-state index contributed by atoms with van der Waals surface area (Å²) in [6, 6.07) is 15.0. The van der Waals surface area contributed by atoms with Gasteiger partial charge in [0.2, 0.25) is 5.95 Å². The number of nitrogens with one attached hydrogen (secondary N) is 1. The number of carbonyl (C=O) groups excluding carboxylic acids is 1. The van der Waals surface area contributed by atoms with Gasteiger partial charge in [-0.05, 0) is 30.3 Å². The summed E-state index contributed by atoms with van der Waals surface area (Å²) < 4.78 is 5.49. The molecule has 0 aliphatic carbocycles. The van der Waals surface area contributed by atoms with Crippen LogP contribution in [0.25, 0.3) is 22.4 Å². The lowest BCUT2D eigenvalue weighted by Gasteiger charge is -2.34. The molecule has 1 amide bonds. The number of pyridine rings is 1. The molecule has 162 valence electrons. The molecule has 0 saturated carbocycles. The number of amides is 1. The van der Waals surface area contributed by atoms with Crippen LogP contribution in [0.1, 0.15) is 10.4 Å². The first-order valence-corrected chi connectivity index (χ1v) is 10.7. The van der Waals surface area contributed by atoms with Crippen LogP contribution in [0.2, 0.25) is 0 Å². The molecular formula is C24H24N6O2. The maximum atomic E-state index is 13.0. The summed E-state index contributed by atoms with van der Waals surface area (Å²) in [6.07, 6.45) is 5.14. The minimum atomic E-state index is -0.104. The quantitative estimate of drug-likeness (QED) is 0.505. The lowest BCUT2D eigenvalue weighted by atomic mass is 10.1. The molecule has 1 aliphatic rings. The Labute approximate surface area is 185 Å². The van der Waals surface area contributed by atoms with Crippen molar-refractivity contribution < 1.29 is 9.21 Å². The van der Waals surface area contributed by atoms with Crippen LogP contribution in [0.3, 0.4) is 0 Å². The minimum absolute atomic E-state index is 0.104. The number of fused-ring (bicyclic) bond motifs is 1. The van der Waals surface area contributed by atoms with Gasteiger partial charge in [0.05, 0.1) is 17.3 Å². The number of carbonyl (C=O) groups is 1. The van der Waals surface area contributed by atoms with Crippen LogP contribution < -0.4 is 10.2 Å². The molecule has 4 heterocycles. The molecule has 4 aromatic rings. The predicted molar refractivity (Wildman–Crippen MR) is 122 cm³/mol. The van der Waals surface area contributed by atoms with Gasteiger partial charge >= 0.3 is 0 Å². The fraction of sp³-hybridized carbons (Fsp3) is 0.250. The fourth-order valence-electron chi connectivity index (χ4n) is 3.96. The first-order chi connectivity index (χ1) is 15.8. The van der Waals surface area contributed by atoms with Crippen LogP contribution in [0.15, 0.2) is 71.6 Å². The van der Waals surface area contributed by atoms with E-state index in [1.54, 1.807) is 24.7 Å². The Morgan fingerprint density at radius 3 is 2.59 bits per heavy atom. The van der Waals surface area contributed by atoms with Crippen molar-refractivity contribution in [3.8, 4) is 11.5 Å². The van der Waals surface area contributed by atoms with Gasteiger partial charge in [-0.2, -0.15) is 0 Å². The van der Waals surface area contributed by atoms with E-state index in [0.29, 0.717) is 23.6 Å². The van der Waals surface area contributed by atoms with E-state index in [4.69, 9.17) is 4.42 Å². The monoisotopic (exact) mass is 428 g/mol. The molecule has 1 aliphatic heterocycles. The Bertz CT molecular complexity index is 1190. The number of piperazine rings is 1. The van der Waals surface area contributed by atoms with Crippen molar-refractivity contribution >= 4 is 22.8 Å². The third kappa shape index (κ3) is 4.31. The van der Waals surface area contributed by atoms with Gasteiger partial charge in [0, 0.05) is 57.0 Å². The fourth-order valence-corrected chi connectivity index (χ4v) is 3.96. The molecule has 3 aromatic heterocycles. The van der Waals surface area contributed by atoms with Crippen molar-refractivity contribution in [1.82, 2.24) is 25.2 Å². The highest BCUT2D eigenvalue weighted by atomic mass is 16.3. The zero-order chi connectivity index (χ0) is 21.8. The zero-order valence-corrected chi connectivity index (χ0v) is 17.6. The van der Waals surface area contributed by atoms with Crippen LogP contribution >= 0.6 is 0 Å². The van der Waals surface area contributed by atoms with Crippen LogP contribution in [0.5, 0.6) is 0 Å². The maximum Gasteiger partial charge on any atom is 0.252 e. The second kappa shape index (κ2) is 9.15. The summed E-state index contributed by atoms with van der Waals surface area (Å²) in [6.45, 7) is 4.94. The second-order valence-corrected chi connectivity index (χ2v) is 7.68. The van der Waals surface area contributed by atoms with Gasteiger partial charge in [0.1, 0.15) is 5.69 Å². The molecule has 1 fully saturated rings. The van der Waals surface area contributed by atoms with Gasteiger partial charge in [-0.1, -0.05) is 18.2 Å². The van der Waals surface area contributed by atoms with Gasteiger partial charge in [-0.25, -0.2) is 15.0 Å². The van der Waals surface area contributed by atoms with Crippen molar-refractivity contribution in [2.45, 2.75) is 0 Å². The molecule has 1 N–H and O–H groups in total. The zero-order valence-electron chi connectivity index (χ0n) is 17.6. The summed E-state index contributed by atoms with van der Waals surface area (Å²) in [5.41, 5.74) is 2.02. The van der Waals surface area contributed by atoms with Gasteiger partial charge in [-0.15, -0.1) is 0 Å². The van der Waals surface area contributed by atoms with Crippen molar-refractivity contribution in [3.05, 3.63) is 72.8 Å². The number of benzene rings is 1. The first kappa shape index (κ1) is 20.1. The van der Waals surface area contributed by atoms with E-state index in [0.717, 1.165) is 49.6 Å². The van der Waals surface area contributed by atoms with E-state index in [9.17, 15) is 4.79 Å². The molecule has 0 bridgehead atoms. The van der Waals surface area contributed by atoms with Gasteiger partial charge in [0.25, 0.3) is 5.91 Å². The number of furan rings is 1. The summed E-state index contributed by atoms with van der Waals surface area (Å²) in [5.74, 6) is 1.31. The largest absolute Gasteiger partial charge is 0.463 e. The summed E-state index contributed by atoms with van der Waals surface area (Å²) in [5, 5.41) is 3.91. The van der Waals surface area contributed by atoms with E-state index in [1.165, 1.54) is 0 Å². The number of rotatable bonds is 6. The van der Waals surface area contributed by atoms with Gasteiger partial charge in [-0.3, -0.25) is 9.69 Å². The number of hydrogen-bond acceptors (Lipinski definition) is 7. The third-order valence-corrected chi connectivity index (χ3v) is 5.66. The van der Waals surface area contributed by atoms with Crippen molar-refractivity contribution in [1.29, 1.82) is 0 Å². The van der Waals surface area contributed by atoms with Crippen molar-refractivity contribution in [2.75, 3.05) is 44.2 Å². The smallest absolute Gasteiger partial charge is 0.252 e. The lowest BCUT2D eigenvalue weighted by molar-refractivity contribution is 0.0949. The highest BCUT2D eigenvalue weighted by molar-refractivity contribution is 6.07. The minimum Gasteiger partial charge on any atom is -0.463 e. The second-order valence-electron chi connectivity index (χ2n) is 7.68. The molecule has 1 aromatic carbocycles. The van der Waals surface area contributed by atoms with E-state index < -0.39 is 0 Å². The van der Waals surface area contributed by atoms with Crippen molar-refractivity contribution in [3.63, 3.8) is 0 Å². The first-order valence-electron chi connectivity index (χ1n) is 10.7. The summed E-state index contributed by atoms with van der Waals surface area (Å²) in [7, 11) is 0. The highest BCUT2D eigenvalue weighted by Gasteiger charge is 2.19. The third-order valence-electron chi connectivity index (χ3n) is 5.66. The Morgan fingerprint density at radius 2 is 1.81 bits per heavy atom. The highest BCUT2D eigenvalue weighted by Crippen LogP contribution is 2.25. The molecule has 0 atom stereocenters. The molecule has 8 nitrogen and oxygen atoms in total.